The zero-order chi connectivity index (χ0) is 14.7. The molecular weight excluding hydrogens is 258 g/mol. The molecule has 1 amide bonds. The number of hydrogen-bond acceptors (Lipinski definition) is 3. The molecule has 0 aliphatic carbocycles. The van der Waals surface area contributed by atoms with Crippen LogP contribution in [0.5, 0.6) is 5.75 Å². The first kappa shape index (κ1) is 14.4. The maximum Gasteiger partial charge on any atom is 0.311 e. The molecule has 0 saturated heterocycles. The second-order valence-corrected chi connectivity index (χ2v) is 4.86. The van der Waals surface area contributed by atoms with Crippen LogP contribution in [0.3, 0.4) is 0 Å². The van der Waals surface area contributed by atoms with E-state index < -0.39 is 11.9 Å². The molecule has 1 atom stereocenters. The lowest BCUT2D eigenvalue weighted by molar-refractivity contribution is -0.139. The van der Waals surface area contributed by atoms with Crippen LogP contribution in [0.2, 0.25) is 0 Å². The molecule has 1 aromatic carbocycles. The molecule has 1 heterocycles. The van der Waals surface area contributed by atoms with Crippen LogP contribution in [-0.2, 0) is 9.59 Å². The highest BCUT2D eigenvalue weighted by Crippen LogP contribution is 2.37. The number of aliphatic carboxylic acids is 1. The monoisotopic (exact) mass is 277 g/mol. The van der Waals surface area contributed by atoms with E-state index in [-0.39, 0.29) is 5.91 Å². The molecule has 1 aromatic rings. The van der Waals surface area contributed by atoms with Gasteiger partial charge >= 0.3 is 5.97 Å². The third-order valence-corrected chi connectivity index (χ3v) is 3.53. The zero-order valence-electron chi connectivity index (χ0n) is 11.8. The van der Waals surface area contributed by atoms with Gasteiger partial charge in [0, 0.05) is 19.2 Å². The van der Waals surface area contributed by atoms with Crippen molar-refractivity contribution < 1.29 is 19.4 Å². The van der Waals surface area contributed by atoms with Gasteiger partial charge in [0.05, 0.1) is 12.5 Å². The fourth-order valence-corrected chi connectivity index (χ4v) is 2.63. The second-order valence-electron chi connectivity index (χ2n) is 4.86. The van der Waals surface area contributed by atoms with E-state index in [1.54, 1.807) is 23.1 Å². The number of anilines is 1. The Balaban J connectivity index is 2.52. The predicted molar refractivity (Wildman–Crippen MR) is 75.2 cm³/mol. The average Bonchev–Trinajstić information content (AvgIpc) is 2.58. The number of carbonyl (C=O) groups is 2. The summed E-state index contributed by atoms with van der Waals surface area (Å²) in [6.07, 6.45) is 1.21. The third kappa shape index (κ3) is 2.76. The molecule has 5 nitrogen and oxygen atoms in total. The van der Waals surface area contributed by atoms with Gasteiger partial charge < -0.3 is 14.7 Å². The SMILES string of the molecule is CCOc1ccc2c(c1)C(C(=O)O)CCCN2C(C)=O. The van der Waals surface area contributed by atoms with Crippen molar-refractivity contribution in [2.45, 2.75) is 32.6 Å². The lowest BCUT2D eigenvalue weighted by Gasteiger charge is -2.22. The number of fused-ring (bicyclic) bond motifs is 1. The molecule has 1 aliphatic heterocycles. The maximum atomic E-state index is 11.7. The highest BCUT2D eigenvalue weighted by atomic mass is 16.5. The van der Waals surface area contributed by atoms with E-state index in [1.165, 1.54) is 6.92 Å². The molecule has 108 valence electrons. The molecule has 20 heavy (non-hydrogen) atoms. The molecule has 0 fully saturated rings. The van der Waals surface area contributed by atoms with Gasteiger partial charge in [-0.25, -0.2) is 0 Å². The molecule has 1 aliphatic rings. The number of carboxylic acid groups (broad SMARTS) is 1. The van der Waals surface area contributed by atoms with Crippen molar-refractivity contribution in [2.24, 2.45) is 0 Å². The van der Waals surface area contributed by atoms with Crippen molar-refractivity contribution in [2.75, 3.05) is 18.1 Å². The van der Waals surface area contributed by atoms with Gasteiger partial charge in [0.15, 0.2) is 0 Å². The predicted octanol–water partition coefficient (Wildman–Crippen LogP) is 2.40. The van der Waals surface area contributed by atoms with Gasteiger partial charge in [0.2, 0.25) is 5.91 Å². The third-order valence-electron chi connectivity index (χ3n) is 3.53. The number of ether oxygens (including phenoxy) is 1. The minimum Gasteiger partial charge on any atom is -0.494 e. The van der Waals surface area contributed by atoms with Crippen molar-refractivity contribution in [1.29, 1.82) is 0 Å². The molecule has 1 unspecified atom stereocenters. The van der Waals surface area contributed by atoms with Gasteiger partial charge in [0.25, 0.3) is 0 Å². The van der Waals surface area contributed by atoms with E-state index in [0.717, 1.165) is 0 Å². The Morgan fingerprint density at radius 3 is 2.80 bits per heavy atom. The van der Waals surface area contributed by atoms with Crippen LogP contribution < -0.4 is 9.64 Å². The summed E-state index contributed by atoms with van der Waals surface area (Å²) in [5, 5.41) is 9.41. The Morgan fingerprint density at radius 1 is 1.45 bits per heavy atom. The lowest BCUT2D eigenvalue weighted by atomic mass is 9.94. The van der Waals surface area contributed by atoms with Crippen molar-refractivity contribution in [1.82, 2.24) is 0 Å². The Labute approximate surface area is 118 Å². The van der Waals surface area contributed by atoms with E-state index in [0.29, 0.717) is 43.0 Å². The fraction of sp³-hybridized carbons (Fsp3) is 0.467. The Morgan fingerprint density at radius 2 is 2.20 bits per heavy atom. The summed E-state index contributed by atoms with van der Waals surface area (Å²) in [7, 11) is 0. The number of carbonyl (C=O) groups excluding carboxylic acids is 1. The van der Waals surface area contributed by atoms with Crippen molar-refractivity contribution in [3.63, 3.8) is 0 Å². The largest absolute Gasteiger partial charge is 0.494 e. The average molecular weight is 277 g/mol. The van der Waals surface area contributed by atoms with Crippen molar-refractivity contribution >= 4 is 17.6 Å². The summed E-state index contributed by atoms with van der Waals surface area (Å²) in [6.45, 7) is 4.45. The first-order chi connectivity index (χ1) is 9.54. The summed E-state index contributed by atoms with van der Waals surface area (Å²) in [4.78, 5) is 24.9. The van der Waals surface area contributed by atoms with Crippen LogP contribution in [-0.4, -0.2) is 30.1 Å². The fourth-order valence-electron chi connectivity index (χ4n) is 2.63. The van der Waals surface area contributed by atoms with Gasteiger partial charge in [-0.3, -0.25) is 9.59 Å². The summed E-state index contributed by atoms with van der Waals surface area (Å²) in [6, 6.07) is 5.31. The molecule has 0 spiro atoms. The van der Waals surface area contributed by atoms with E-state index >= 15 is 0 Å². The van der Waals surface area contributed by atoms with E-state index in [9.17, 15) is 14.7 Å². The van der Waals surface area contributed by atoms with Crippen LogP contribution in [0.25, 0.3) is 0 Å². The smallest absolute Gasteiger partial charge is 0.311 e. The van der Waals surface area contributed by atoms with Gasteiger partial charge in [-0.1, -0.05) is 0 Å². The number of rotatable bonds is 3. The van der Waals surface area contributed by atoms with Crippen LogP contribution in [0, 0.1) is 0 Å². The van der Waals surface area contributed by atoms with Gasteiger partial charge in [-0.2, -0.15) is 0 Å². The van der Waals surface area contributed by atoms with Crippen LogP contribution in [0.4, 0.5) is 5.69 Å². The summed E-state index contributed by atoms with van der Waals surface area (Å²) in [5.41, 5.74) is 1.35. The maximum absolute atomic E-state index is 11.7. The molecule has 1 N–H and O–H groups in total. The zero-order valence-corrected chi connectivity index (χ0v) is 11.8. The minimum atomic E-state index is -0.856. The van der Waals surface area contributed by atoms with Gasteiger partial charge in [-0.15, -0.1) is 0 Å². The van der Waals surface area contributed by atoms with E-state index in [1.807, 2.05) is 6.92 Å². The molecule has 2 rings (SSSR count). The van der Waals surface area contributed by atoms with Crippen LogP contribution in [0.15, 0.2) is 18.2 Å². The number of benzene rings is 1. The standard InChI is InChI=1S/C15H19NO4/c1-3-20-11-6-7-14-13(9-11)12(15(18)19)5-4-8-16(14)10(2)17/h6-7,9,12H,3-5,8H2,1-2H3,(H,18,19). The molecule has 0 radical (unpaired) electrons. The van der Waals surface area contributed by atoms with Gasteiger partial charge in [-0.05, 0) is 43.5 Å². The Hall–Kier alpha value is -2.04. The Bertz CT molecular complexity index is 527. The molecule has 5 heteroatoms. The molecule has 0 saturated carbocycles. The summed E-state index contributed by atoms with van der Waals surface area (Å²) in [5.74, 6) is -0.871. The van der Waals surface area contributed by atoms with Gasteiger partial charge in [0.1, 0.15) is 5.75 Å². The highest BCUT2D eigenvalue weighted by molar-refractivity contribution is 5.94. The van der Waals surface area contributed by atoms with E-state index in [2.05, 4.69) is 0 Å². The quantitative estimate of drug-likeness (QED) is 0.921. The molecule has 0 aromatic heterocycles. The van der Waals surface area contributed by atoms with Crippen molar-refractivity contribution in [3.05, 3.63) is 23.8 Å². The second kappa shape index (κ2) is 5.94. The number of amides is 1. The Kier molecular flexibility index (Phi) is 4.27. The number of hydrogen-bond donors (Lipinski definition) is 1. The molecular formula is C15H19NO4. The number of nitrogens with zero attached hydrogens (tertiary/aromatic N) is 1. The van der Waals surface area contributed by atoms with Crippen LogP contribution >= 0.6 is 0 Å². The highest BCUT2D eigenvalue weighted by Gasteiger charge is 2.29. The van der Waals surface area contributed by atoms with Crippen LogP contribution in [0.1, 0.15) is 38.2 Å². The first-order valence-corrected chi connectivity index (χ1v) is 6.82. The lowest BCUT2D eigenvalue weighted by Crippen LogP contribution is -2.29. The normalized spacial score (nSPS) is 18.1. The molecule has 0 bridgehead atoms. The summed E-state index contributed by atoms with van der Waals surface area (Å²) >= 11 is 0. The number of carboxylic acids is 1. The topological polar surface area (TPSA) is 66.8 Å². The van der Waals surface area contributed by atoms with Crippen molar-refractivity contribution in [3.8, 4) is 5.75 Å². The first-order valence-electron chi connectivity index (χ1n) is 6.82. The minimum absolute atomic E-state index is 0.0681. The summed E-state index contributed by atoms with van der Waals surface area (Å²) < 4.78 is 5.44. The van der Waals surface area contributed by atoms with E-state index in [4.69, 9.17) is 4.74 Å².